The van der Waals surface area contributed by atoms with Crippen molar-refractivity contribution in [3.8, 4) is 0 Å². The van der Waals surface area contributed by atoms with Gasteiger partial charge in [-0.2, -0.15) is 0 Å². The van der Waals surface area contributed by atoms with Gasteiger partial charge in [-0.05, 0) is 11.8 Å². The standard InChI is InChI=1S/C5H9ClS/c1-3-5(6)7-4-2/h4-5H,2-3H2,1H3. The van der Waals surface area contributed by atoms with Crippen molar-refractivity contribution in [1.82, 2.24) is 0 Å². The summed E-state index contributed by atoms with van der Waals surface area (Å²) in [6.07, 6.45) is 0.998. The van der Waals surface area contributed by atoms with Crippen LogP contribution in [0.15, 0.2) is 12.0 Å². The summed E-state index contributed by atoms with van der Waals surface area (Å²) in [5, 5.41) is 1.77. The summed E-state index contributed by atoms with van der Waals surface area (Å²) in [4.78, 5) is 0. The van der Waals surface area contributed by atoms with Gasteiger partial charge >= 0.3 is 0 Å². The molecule has 42 valence electrons. The third-order valence-corrected chi connectivity index (χ3v) is 2.00. The second-order valence-corrected chi connectivity index (χ2v) is 3.08. The molecule has 0 saturated carbocycles. The van der Waals surface area contributed by atoms with Crippen molar-refractivity contribution >= 4 is 23.4 Å². The molecule has 0 fully saturated rings. The average molecular weight is 137 g/mol. The molecule has 0 bridgehead atoms. The zero-order chi connectivity index (χ0) is 5.70. The first-order valence-corrected chi connectivity index (χ1v) is 3.59. The van der Waals surface area contributed by atoms with E-state index in [2.05, 4.69) is 6.58 Å². The first-order chi connectivity index (χ1) is 3.31. The van der Waals surface area contributed by atoms with E-state index in [0.717, 1.165) is 6.42 Å². The summed E-state index contributed by atoms with van der Waals surface area (Å²) >= 11 is 7.22. The Hall–Kier alpha value is 0.380. The van der Waals surface area contributed by atoms with E-state index < -0.39 is 0 Å². The Balaban J connectivity index is 2.98. The lowest BCUT2D eigenvalue weighted by molar-refractivity contribution is 1.05. The Kier molecular flexibility index (Phi) is 4.78. The molecule has 1 atom stereocenters. The van der Waals surface area contributed by atoms with Gasteiger partial charge in [0.15, 0.2) is 0 Å². The number of hydrogen-bond acceptors (Lipinski definition) is 1. The van der Waals surface area contributed by atoms with Gasteiger partial charge in [0.05, 0.1) is 4.71 Å². The van der Waals surface area contributed by atoms with Crippen LogP contribution in [0.5, 0.6) is 0 Å². The number of halogens is 1. The molecule has 0 nitrogen and oxygen atoms in total. The molecule has 0 rings (SSSR count). The Morgan fingerprint density at radius 2 is 2.57 bits per heavy atom. The molecule has 0 radical (unpaired) electrons. The van der Waals surface area contributed by atoms with Gasteiger partial charge in [0.1, 0.15) is 0 Å². The molecule has 0 aliphatic rings. The normalized spacial score (nSPS) is 13.4. The Morgan fingerprint density at radius 1 is 2.00 bits per heavy atom. The summed E-state index contributed by atoms with van der Waals surface area (Å²) in [6.45, 7) is 5.58. The van der Waals surface area contributed by atoms with Gasteiger partial charge < -0.3 is 0 Å². The highest BCUT2D eigenvalue weighted by atomic mass is 35.5. The average Bonchev–Trinajstić information content (AvgIpc) is 1.68. The third kappa shape index (κ3) is 4.23. The van der Waals surface area contributed by atoms with Gasteiger partial charge in [0.2, 0.25) is 0 Å². The van der Waals surface area contributed by atoms with Gasteiger partial charge in [-0.3, -0.25) is 0 Å². The lowest BCUT2D eigenvalue weighted by Crippen LogP contribution is -1.82. The molecule has 2 heteroatoms. The highest BCUT2D eigenvalue weighted by molar-refractivity contribution is 8.03. The first kappa shape index (κ1) is 7.38. The molecule has 0 aliphatic heterocycles. The minimum atomic E-state index is 0.220. The fourth-order valence-electron chi connectivity index (χ4n) is 0.201. The van der Waals surface area contributed by atoms with Gasteiger partial charge in [-0.1, -0.05) is 13.5 Å². The zero-order valence-electron chi connectivity index (χ0n) is 4.36. The van der Waals surface area contributed by atoms with Crippen LogP contribution in [-0.2, 0) is 0 Å². The molecule has 0 heterocycles. The SMILES string of the molecule is C=CSC(Cl)CC. The van der Waals surface area contributed by atoms with E-state index in [9.17, 15) is 0 Å². The summed E-state index contributed by atoms with van der Waals surface area (Å²) in [5.41, 5.74) is 0. The van der Waals surface area contributed by atoms with Gasteiger partial charge in [0, 0.05) is 0 Å². The summed E-state index contributed by atoms with van der Waals surface area (Å²) in [5.74, 6) is 0. The number of thioether (sulfide) groups is 1. The third-order valence-electron chi connectivity index (χ3n) is 0.565. The molecular weight excluding hydrogens is 128 g/mol. The predicted octanol–water partition coefficient (Wildman–Crippen LogP) is 2.84. The lowest BCUT2D eigenvalue weighted by Gasteiger charge is -1.96. The molecular formula is C5H9ClS. The van der Waals surface area contributed by atoms with Crippen molar-refractivity contribution < 1.29 is 0 Å². The van der Waals surface area contributed by atoms with Crippen LogP contribution in [0, 0.1) is 0 Å². The predicted molar refractivity (Wildman–Crippen MR) is 37.7 cm³/mol. The quantitative estimate of drug-likeness (QED) is 0.538. The fraction of sp³-hybridized carbons (Fsp3) is 0.600. The molecule has 1 unspecified atom stereocenters. The molecule has 0 spiro atoms. The minimum absolute atomic E-state index is 0.220. The van der Waals surface area contributed by atoms with Crippen LogP contribution in [-0.4, -0.2) is 4.71 Å². The fourth-order valence-corrected chi connectivity index (χ4v) is 0.820. The highest BCUT2D eigenvalue weighted by Crippen LogP contribution is 2.17. The second-order valence-electron chi connectivity index (χ2n) is 1.12. The minimum Gasteiger partial charge on any atom is -0.115 e. The Morgan fingerprint density at radius 3 is 2.71 bits per heavy atom. The van der Waals surface area contributed by atoms with E-state index >= 15 is 0 Å². The van der Waals surface area contributed by atoms with E-state index in [0.29, 0.717) is 0 Å². The molecule has 0 amide bonds. The van der Waals surface area contributed by atoms with E-state index in [4.69, 9.17) is 11.6 Å². The van der Waals surface area contributed by atoms with Gasteiger partial charge in [-0.15, -0.1) is 23.4 Å². The molecule has 0 saturated heterocycles. The van der Waals surface area contributed by atoms with Crippen molar-refractivity contribution in [2.75, 3.05) is 0 Å². The smallest absolute Gasteiger partial charge is 0.0827 e. The van der Waals surface area contributed by atoms with Crippen LogP contribution in [0.3, 0.4) is 0 Å². The zero-order valence-corrected chi connectivity index (χ0v) is 5.93. The summed E-state index contributed by atoms with van der Waals surface area (Å²) < 4.78 is 0.220. The lowest BCUT2D eigenvalue weighted by atomic mass is 10.6. The van der Waals surface area contributed by atoms with Crippen LogP contribution in [0.1, 0.15) is 13.3 Å². The van der Waals surface area contributed by atoms with E-state index in [-0.39, 0.29) is 4.71 Å². The van der Waals surface area contributed by atoms with Gasteiger partial charge in [-0.25, -0.2) is 0 Å². The highest BCUT2D eigenvalue weighted by Gasteiger charge is 1.94. The van der Waals surface area contributed by atoms with Crippen molar-refractivity contribution in [1.29, 1.82) is 0 Å². The molecule has 0 aliphatic carbocycles. The van der Waals surface area contributed by atoms with E-state index in [1.54, 1.807) is 17.2 Å². The number of alkyl halides is 1. The number of rotatable bonds is 3. The molecule has 0 aromatic heterocycles. The van der Waals surface area contributed by atoms with E-state index in [1.807, 2.05) is 6.92 Å². The number of hydrogen-bond donors (Lipinski definition) is 0. The monoisotopic (exact) mass is 136 g/mol. The molecule has 0 aromatic carbocycles. The van der Waals surface area contributed by atoms with Crippen LogP contribution in [0.2, 0.25) is 0 Å². The van der Waals surface area contributed by atoms with Crippen molar-refractivity contribution in [3.05, 3.63) is 12.0 Å². The summed E-state index contributed by atoms with van der Waals surface area (Å²) in [7, 11) is 0. The van der Waals surface area contributed by atoms with Gasteiger partial charge in [0.25, 0.3) is 0 Å². The molecule has 7 heavy (non-hydrogen) atoms. The van der Waals surface area contributed by atoms with Crippen LogP contribution in [0.4, 0.5) is 0 Å². The second kappa shape index (κ2) is 4.54. The largest absolute Gasteiger partial charge is 0.115 e. The van der Waals surface area contributed by atoms with Crippen LogP contribution in [0.25, 0.3) is 0 Å². The Bertz CT molecular complexity index is 54.0. The van der Waals surface area contributed by atoms with Crippen molar-refractivity contribution in [3.63, 3.8) is 0 Å². The van der Waals surface area contributed by atoms with Crippen molar-refractivity contribution in [2.24, 2.45) is 0 Å². The topological polar surface area (TPSA) is 0 Å². The maximum absolute atomic E-state index is 5.66. The first-order valence-electron chi connectivity index (χ1n) is 2.21. The van der Waals surface area contributed by atoms with E-state index in [1.165, 1.54) is 0 Å². The van der Waals surface area contributed by atoms with Crippen LogP contribution < -0.4 is 0 Å². The van der Waals surface area contributed by atoms with Crippen molar-refractivity contribution in [2.45, 2.75) is 18.1 Å². The molecule has 0 aromatic rings. The maximum Gasteiger partial charge on any atom is 0.0827 e. The molecule has 0 N–H and O–H groups in total. The summed E-state index contributed by atoms with van der Waals surface area (Å²) in [6, 6.07) is 0. The maximum atomic E-state index is 5.66. The van der Waals surface area contributed by atoms with Crippen LogP contribution >= 0.6 is 23.4 Å². The Labute approximate surface area is 53.9 Å².